The summed E-state index contributed by atoms with van der Waals surface area (Å²) >= 11 is 0. The van der Waals surface area contributed by atoms with Crippen molar-refractivity contribution < 1.29 is 14.3 Å². The number of ether oxygens (including phenoxy) is 1. The summed E-state index contributed by atoms with van der Waals surface area (Å²) in [4.78, 5) is 37.6. The lowest BCUT2D eigenvalue weighted by Gasteiger charge is -2.15. The van der Waals surface area contributed by atoms with Gasteiger partial charge in [0, 0.05) is 31.8 Å². The first-order valence-corrected chi connectivity index (χ1v) is 9.54. The highest BCUT2D eigenvalue weighted by Crippen LogP contribution is 2.12. The maximum absolute atomic E-state index is 12.2. The maximum atomic E-state index is 12.2. The van der Waals surface area contributed by atoms with E-state index in [0.29, 0.717) is 25.1 Å². The second kappa shape index (κ2) is 10.4. The number of carbonyl (C=O) groups is 2. The minimum atomic E-state index is -0.477. The fourth-order valence-corrected chi connectivity index (χ4v) is 2.99. The number of likely N-dealkylation sites (tertiary alicyclic amines) is 1. The van der Waals surface area contributed by atoms with Gasteiger partial charge in [0.1, 0.15) is 0 Å². The molecule has 28 heavy (non-hydrogen) atoms. The van der Waals surface area contributed by atoms with E-state index in [4.69, 9.17) is 4.74 Å². The van der Waals surface area contributed by atoms with Crippen LogP contribution in [0.25, 0.3) is 0 Å². The Bertz CT molecular complexity index is 862. The van der Waals surface area contributed by atoms with Crippen LogP contribution in [0.3, 0.4) is 0 Å². The number of pyridine rings is 1. The van der Waals surface area contributed by atoms with Gasteiger partial charge in [0.05, 0.1) is 19.2 Å². The van der Waals surface area contributed by atoms with Crippen molar-refractivity contribution in [2.75, 3.05) is 20.2 Å². The van der Waals surface area contributed by atoms with Crippen molar-refractivity contribution in [2.24, 2.45) is 0 Å². The average molecular weight is 384 g/mol. The fourth-order valence-electron chi connectivity index (χ4n) is 2.99. The van der Waals surface area contributed by atoms with Crippen molar-refractivity contribution in [3.63, 3.8) is 0 Å². The summed E-state index contributed by atoms with van der Waals surface area (Å²) < 4.78 is 6.22. The number of aromatic nitrogens is 1. The van der Waals surface area contributed by atoms with E-state index in [1.807, 2.05) is 43.1 Å². The van der Waals surface area contributed by atoms with Crippen LogP contribution in [-0.2, 0) is 16.1 Å². The van der Waals surface area contributed by atoms with Gasteiger partial charge in [-0.2, -0.15) is 0 Å². The zero-order valence-electron chi connectivity index (χ0n) is 16.8. The Labute approximate surface area is 165 Å². The Morgan fingerprint density at radius 3 is 2.64 bits per heavy atom. The SMILES string of the molecule is CC/C=C/C(=C\C=C(/C)CN1CCCC1=O)Cn1cc(C(=O)OC)ccc1=O. The molecule has 0 spiro atoms. The van der Waals surface area contributed by atoms with Gasteiger partial charge >= 0.3 is 5.97 Å². The van der Waals surface area contributed by atoms with Crippen LogP contribution in [0, 0.1) is 0 Å². The predicted molar refractivity (Wildman–Crippen MR) is 109 cm³/mol. The lowest BCUT2D eigenvalue weighted by Crippen LogP contribution is -2.26. The minimum Gasteiger partial charge on any atom is -0.465 e. The van der Waals surface area contributed by atoms with Crippen LogP contribution >= 0.6 is 0 Å². The summed E-state index contributed by atoms with van der Waals surface area (Å²) in [5.74, 6) is -0.275. The van der Waals surface area contributed by atoms with Crippen LogP contribution in [-0.4, -0.2) is 41.5 Å². The molecule has 0 unspecified atom stereocenters. The van der Waals surface area contributed by atoms with Gasteiger partial charge in [0.2, 0.25) is 5.91 Å². The summed E-state index contributed by atoms with van der Waals surface area (Å²) in [6.45, 7) is 5.81. The number of hydrogen-bond acceptors (Lipinski definition) is 4. The van der Waals surface area contributed by atoms with Crippen molar-refractivity contribution in [1.29, 1.82) is 0 Å². The third kappa shape index (κ3) is 6.08. The van der Waals surface area contributed by atoms with Gasteiger partial charge in [-0.3, -0.25) is 9.59 Å². The van der Waals surface area contributed by atoms with E-state index in [-0.39, 0.29) is 11.5 Å². The molecule has 1 fully saturated rings. The smallest absolute Gasteiger partial charge is 0.339 e. The predicted octanol–water partition coefficient (Wildman–Crippen LogP) is 3.10. The van der Waals surface area contributed by atoms with Gasteiger partial charge in [-0.15, -0.1) is 0 Å². The number of allylic oxidation sites excluding steroid dienone is 5. The molecule has 0 N–H and O–H groups in total. The molecule has 1 amide bonds. The number of methoxy groups -OCH3 is 1. The van der Waals surface area contributed by atoms with Crippen LogP contribution < -0.4 is 5.56 Å². The molecule has 0 saturated carbocycles. The van der Waals surface area contributed by atoms with Crippen LogP contribution in [0.4, 0.5) is 0 Å². The molecule has 0 atom stereocenters. The Hall–Kier alpha value is -2.89. The molecule has 6 nitrogen and oxygen atoms in total. The van der Waals surface area contributed by atoms with Crippen LogP contribution in [0.1, 0.15) is 43.5 Å². The number of amides is 1. The number of esters is 1. The van der Waals surface area contributed by atoms with Crippen molar-refractivity contribution in [2.45, 2.75) is 39.7 Å². The number of carbonyl (C=O) groups excluding carboxylic acids is 2. The highest BCUT2D eigenvalue weighted by atomic mass is 16.5. The van der Waals surface area contributed by atoms with Crippen molar-refractivity contribution in [3.05, 3.63) is 69.7 Å². The Morgan fingerprint density at radius 1 is 1.21 bits per heavy atom. The number of hydrogen-bond donors (Lipinski definition) is 0. The largest absolute Gasteiger partial charge is 0.465 e. The monoisotopic (exact) mass is 384 g/mol. The Balaban J connectivity index is 2.21. The molecule has 0 aromatic carbocycles. The number of nitrogens with zero attached hydrogens (tertiary/aromatic N) is 2. The van der Waals surface area contributed by atoms with Gasteiger partial charge in [-0.25, -0.2) is 4.79 Å². The van der Waals surface area contributed by atoms with Gasteiger partial charge in [-0.1, -0.05) is 36.8 Å². The normalized spacial score (nSPS) is 15.5. The van der Waals surface area contributed by atoms with Gasteiger partial charge in [-0.05, 0) is 31.4 Å². The zero-order valence-corrected chi connectivity index (χ0v) is 16.8. The van der Waals surface area contributed by atoms with E-state index >= 15 is 0 Å². The fraction of sp³-hybridized carbons (Fsp3) is 0.409. The molecule has 0 radical (unpaired) electrons. The summed E-state index contributed by atoms with van der Waals surface area (Å²) in [7, 11) is 1.31. The van der Waals surface area contributed by atoms with Crippen molar-refractivity contribution in [3.8, 4) is 0 Å². The number of rotatable bonds is 8. The van der Waals surface area contributed by atoms with E-state index in [1.54, 1.807) is 0 Å². The quantitative estimate of drug-likeness (QED) is 0.510. The molecule has 1 aromatic heterocycles. The third-order valence-electron chi connectivity index (χ3n) is 4.52. The maximum Gasteiger partial charge on any atom is 0.339 e. The molecule has 0 aliphatic carbocycles. The first-order chi connectivity index (χ1) is 13.4. The zero-order chi connectivity index (χ0) is 20.5. The van der Waals surface area contributed by atoms with Gasteiger partial charge in [0.25, 0.3) is 5.56 Å². The first-order valence-electron chi connectivity index (χ1n) is 9.54. The van der Waals surface area contributed by atoms with E-state index in [1.165, 1.54) is 30.0 Å². The lowest BCUT2D eigenvalue weighted by molar-refractivity contribution is -0.127. The molecule has 1 aliphatic heterocycles. The second-order valence-corrected chi connectivity index (χ2v) is 6.86. The molecule has 0 bridgehead atoms. The molecular weight excluding hydrogens is 356 g/mol. The van der Waals surface area contributed by atoms with Crippen LogP contribution in [0.5, 0.6) is 0 Å². The molecule has 1 saturated heterocycles. The van der Waals surface area contributed by atoms with E-state index in [2.05, 4.69) is 0 Å². The van der Waals surface area contributed by atoms with E-state index in [9.17, 15) is 14.4 Å². The summed E-state index contributed by atoms with van der Waals surface area (Å²) in [5.41, 5.74) is 2.15. The average Bonchev–Trinajstić information content (AvgIpc) is 3.09. The van der Waals surface area contributed by atoms with Gasteiger partial charge < -0.3 is 14.2 Å². The molecule has 150 valence electrons. The van der Waals surface area contributed by atoms with Crippen LogP contribution in [0.15, 0.2) is 58.6 Å². The Kier molecular flexibility index (Phi) is 7.99. The standard InChI is InChI=1S/C22H28N2O4/c1-4-5-7-18(10-9-17(2)14-23-13-6-8-20(23)25)15-24-16-19(22(27)28-3)11-12-21(24)26/h5,7,9-12,16H,4,6,8,13-15H2,1-3H3/b7-5+,17-9+,18-10+. The molecule has 6 heteroatoms. The highest BCUT2D eigenvalue weighted by molar-refractivity contribution is 5.88. The minimum absolute atomic E-state index is 0.188. The van der Waals surface area contributed by atoms with Crippen molar-refractivity contribution >= 4 is 11.9 Å². The molecule has 2 rings (SSSR count). The summed E-state index contributed by atoms with van der Waals surface area (Å²) in [6.07, 6.45) is 11.9. The Morgan fingerprint density at radius 2 is 2.00 bits per heavy atom. The van der Waals surface area contributed by atoms with Crippen molar-refractivity contribution in [1.82, 2.24) is 9.47 Å². The summed E-state index contributed by atoms with van der Waals surface area (Å²) in [5, 5.41) is 0. The molecule has 2 heterocycles. The molecule has 1 aromatic rings. The van der Waals surface area contributed by atoms with E-state index < -0.39 is 5.97 Å². The lowest BCUT2D eigenvalue weighted by atomic mass is 10.1. The van der Waals surface area contributed by atoms with E-state index in [0.717, 1.165) is 30.5 Å². The van der Waals surface area contributed by atoms with Crippen LogP contribution in [0.2, 0.25) is 0 Å². The molecular formula is C22H28N2O4. The third-order valence-corrected chi connectivity index (χ3v) is 4.52. The topological polar surface area (TPSA) is 68.6 Å². The highest BCUT2D eigenvalue weighted by Gasteiger charge is 2.19. The molecule has 1 aliphatic rings. The van der Waals surface area contributed by atoms with Gasteiger partial charge in [0.15, 0.2) is 0 Å². The second-order valence-electron chi connectivity index (χ2n) is 6.86. The summed E-state index contributed by atoms with van der Waals surface area (Å²) in [6, 6.07) is 2.83. The first kappa shape index (κ1) is 21.4.